The van der Waals surface area contributed by atoms with E-state index in [1.165, 1.54) is 23.8 Å². The van der Waals surface area contributed by atoms with Crippen molar-refractivity contribution in [2.45, 2.75) is 38.0 Å². The van der Waals surface area contributed by atoms with Gasteiger partial charge in [0, 0.05) is 16.6 Å². The summed E-state index contributed by atoms with van der Waals surface area (Å²) < 4.78 is 28.5. The van der Waals surface area contributed by atoms with E-state index in [0.29, 0.717) is 11.6 Å². The second-order valence-electron chi connectivity index (χ2n) is 6.92. The van der Waals surface area contributed by atoms with E-state index in [-0.39, 0.29) is 17.2 Å². The topological polar surface area (TPSA) is 102 Å². The van der Waals surface area contributed by atoms with Crippen LogP contribution in [0, 0.1) is 6.92 Å². The molecule has 0 atom stereocenters. The van der Waals surface area contributed by atoms with Crippen molar-refractivity contribution in [3.8, 4) is 0 Å². The standard InChI is InChI=1S/C20H22N2O4S/c1-12(2)17-10-18-14(11-26-19(18)7-13(17)3)8-20(23)22-15-5-4-6-16(9-15)27(21,24)25/h4-7,9-12H,8H2,1-3H3,(H,22,23)(H2,21,24,25). The third-order valence-electron chi connectivity index (χ3n) is 4.46. The number of aryl methyl sites for hydroxylation is 1. The van der Waals surface area contributed by atoms with Crippen molar-refractivity contribution in [2.75, 3.05) is 5.32 Å². The minimum absolute atomic E-state index is 0.0499. The number of furan rings is 1. The fourth-order valence-corrected chi connectivity index (χ4v) is 3.69. The molecule has 27 heavy (non-hydrogen) atoms. The quantitative estimate of drug-likeness (QED) is 0.698. The highest BCUT2D eigenvalue weighted by Gasteiger charge is 2.15. The van der Waals surface area contributed by atoms with E-state index in [2.05, 4.69) is 25.2 Å². The predicted molar refractivity (Wildman–Crippen MR) is 105 cm³/mol. The Bertz CT molecular complexity index is 1110. The number of benzene rings is 2. The lowest BCUT2D eigenvalue weighted by Crippen LogP contribution is -2.16. The number of nitrogens with one attached hydrogen (secondary N) is 1. The molecule has 3 N–H and O–H groups in total. The van der Waals surface area contributed by atoms with Gasteiger partial charge in [0.05, 0.1) is 17.6 Å². The molecule has 0 unspecified atom stereocenters. The minimum Gasteiger partial charge on any atom is -0.464 e. The molecule has 1 heterocycles. The third-order valence-corrected chi connectivity index (χ3v) is 5.37. The van der Waals surface area contributed by atoms with Gasteiger partial charge in [-0.3, -0.25) is 4.79 Å². The first-order valence-electron chi connectivity index (χ1n) is 8.58. The van der Waals surface area contributed by atoms with E-state index in [1.54, 1.807) is 12.3 Å². The molecular weight excluding hydrogens is 364 g/mol. The van der Waals surface area contributed by atoms with Gasteiger partial charge >= 0.3 is 0 Å². The second kappa shape index (κ2) is 7.17. The van der Waals surface area contributed by atoms with Gasteiger partial charge in [-0.1, -0.05) is 19.9 Å². The summed E-state index contributed by atoms with van der Waals surface area (Å²) in [5.41, 5.74) is 4.27. The zero-order valence-corrected chi connectivity index (χ0v) is 16.3. The van der Waals surface area contributed by atoms with Crippen LogP contribution in [0.15, 0.2) is 52.0 Å². The zero-order chi connectivity index (χ0) is 19.8. The number of fused-ring (bicyclic) bond motifs is 1. The zero-order valence-electron chi connectivity index (χ0n) is 15.4. The molecule has 7 heteroatoms. The van der Waals surface area contributed by atoms with E-state index < -0.39 is 10.0 Å². The Morgan fingerprint density at radius 1 is 1.22 bits per heavy atom. The number of rotatable bonds is 5. The van der Waals surface area contributed by atoms with Crippen molar-refractivity contribution in [1.29, 1.82) is 0 Å². The molecule has 0 aliphatic heterocycles. The van der Waals surface area contributed by atoms with Gasteiger partial charge in [0.25, 0.3) is 0 Å². The number of primary sulfonamides is 1. The van der Waals surface area contributed by atoms with Gasteiger partial charge < -0.3 is 9.73 Å². The van der Waals surface area contributed by atoms with Crippen molar-refractivity contribution < 1.29 is 17.6 Å². The van der Waals surface area contributed by atoms with Crippen LogP contribution in [0.4, 0.5) is 5.69 Å². The summed E-state index contributed by atoms with van der Waals surface area (Å²) in [5, 5.41) is 8.75. The fraction of sp³-hybridized carbons (Fsp3) is 0.250. The molecule has 2 aromatic carbocycles. The molecule has 3 rings (SSSR count). The summed E-state index contributed by atoms with van der Waals surface area (Å²) in [6.45, 7) is 6.29. The Morgan fingerprint density at radius 3 is 2.63 bits per heavy atom. The van der Waals surface area contributed by atoms with Crippen molar-refractivity contribution in [3.05, 3.63) is 59.4 Å². The Balaban J connectivity index is 1.83. The molecule has 0 bridgehead atoms. The van der Waals surface area contributed by atoms with Crippen LogP contribution in [-0.4, -0.2) is 14.3 Å². The van der Waals surface area contributed by atoms with Crippen LogP contribution in [0.1, 0.15) is 36.5 Å². The Hall–Kier alpha value is -2.64. The van der Waals surface area contributed by atoms with Gasteiger partial charge in [-0.25, -0.2) is 13.6 Å². The molecule has 0 fully saturated rings. The lowest BCUT2D eigenvalue weighted by Gasteiger charge is -2.10. The van der Waals surface area contributed by atoms with Crippen LogP contribution >= 0.6 is 0 Å². The highest BCUT2D eigenvalue weighted by molar-refractivity contribution is 7.89. The number of carbonyl (C=O) groups excluding carboxylic acids is 1. The summed E-state index contributed by atoms with van der Waals surface area (Å²) in [7, 11) is -3.82. The van der Waals surface area contributed by atoms with E-state index >= 15 is 0 Å². The molecule has 1 amide bonds. The molecule has 0 spiro atoms. The number of nitrogens with two attached hydrogens (primary N) is 1. The van der Waals surface area contributed by atoms with E-state index in [1.807, 2.05) is 13.0 Å². The number of hydrogen-bond donors (Lipinski definition) is 2. The maximum absolute atomic E-state index is 12.4. The first-order chi connectivity index (χ1) is 12.6. The number of hydrogen-bond acceptors (Lipinski definition) is 4. The van der Waals surface area contributed by atoms with Crippen LogP contribution < -0.4 is 10.5 Å². The van der Waals surface area contributed by atoms with Crippen LogP contribution in [0.3, 0.4) is 0 Å². The van der Waals surface area contributed by atoms with E-state index in [9.17, 15) is 13.2 Å². The van der Waals surface area contributed by atoms with Gasteiger partial charge in [-0.2, -0.15) is 0 Å². The smallest absolute Gasteiger partial charge is 0.238 e. The Morgan fingerprint density at radius 2 is 1.96 bits per heavy atom. The van der Waals surface area contributed by atoms with Crippen molar-refractivity contribution >= 4 is 32.6 Å². The minimum atomic E-state index is -3.82. The van der Waals surface area contributed by atoms with Crippen LogP contribution in [0.2, 0.25) is 0 Å². The largest absolute Gasteiger partial charge is 0.464 e. The summed E-state index contributed by atoms with van der Waals surface area (Å²) in [6, 6.07) is 9.91. The molecule has 142 valence electrons. The summed E-state index contributed by atoms with van der Waals surface area (Å²) in [4.78, 5) is 12.4. The van der Waals surface area contributed by atoms with Gasteiger partial charge in [-0.05, 0) is 54.3 Å². The first-order valence-corrected chi connectivity index (χ1v) is 10.1. The first kappa shape index (κ1) is 19.1. The SMILES string of the molecule is Cc1cc2occ(CC(=O)Nc3cccc(S(N)(=O)=O)c3)c2cc1C(C)C. The summed E-state index contributed by atoms with van der Waals surface area (Å²) in [5.74, 6) is 0.0999. The monoisotopic (exact) mass is 386 g/mol. The number of carbonyl (C=O) groups is 1. The van der Waals surface area contributed by atoms with Crippen LogP contribution in [-0.2, 0) is 21.2 Å². The van der Waals surface area contributed by atoms with Crippen LogP contribution in [0.25, 0.3) is 11.0 Å². The molecule has 3 aromatic rings. The molecule has 1 aromatic heterocycles. The molecule has 0 aliphatic carbocycles. The maximum atomic E-state index is 12.4. The Labute approximate surface area is 158 Å². The van der Waals surface area contributed by atoms with Crippen LogP contribution in [0.5, 0.6) is 0 Å². The molecule has 0 radical (unpaired) electrons. The molecular formula is C20H22N2O4S. The lowest BCUT2D eigenvalue weighted by atomic mass is 9.95. The lowest BCUT2D eigenvalue weighted by molar-refractivity contribution is -0.115. The molecule has 0 saturated heterocycles. The van der Waals surface area contributed by atoms with Gasteiger partial charge in [0.2, 0.25) is 15.9 Å². The van der Waals surface area contributed by atoms with Crippen molar-refractivity contribution in [3.63, 3.8) is 0 Å². The average Bonchev–Trinajstić information content (AvgIpc) is 2.95. The third kappa shape index (κ3) is 4.20. The van der Waals surface area contributed by atoms with Gasteiger partial charge in [0.15, 0.2) is 0 Å². The summed E-state index contributed by atoms with van der Waals surface area (Å²) in [6.07, 6.45) is 1.71. The maximum Gasteiger partial charge on any atom is 0.238 e. The normalized spacial score (nSPS) is 11.9. The highest BCUT2D eigenvalue weighted by atomic mass is 32.2. The van der Waals surface area contributed by atoms with Gasteiger partial charge in [-0.15, -0.1) is 0 Å². The van der Waals surface area contributed by atoms with Crippen molar-refractivity contribution in [1.82, 2.24) is 0 Å². The molecule has 6 nitrogen and oxygen atoms in total. The number of anilines is 1. The predicted octanol–water partition coefficient (Wildman–Crippen LogP) is 3.69. The number of amides is 1. The average molecular weight is 386 g/mol. The highest BCUT2D eigenvalue weighted by Crippen LogP contribution is 2.29. The number of sulfonamides is 1. The molecule has 0 aliphatic rings. The van der Waals surface area contributed by atoms with Gasteiger partial charge in [0.1, 0.15) is 5.58 Å². The van der Waals surface area contributed by atoms with E-state index in [4.69, 9.17) is 9.56 Å². The fourth-order valence-electron chi connectivity index (χ4n) is 3.13. The Kier molecular flexibility index (Phi) is 5.08. The second-order valence-corrected chi connectivity index (χ2v) is 8.48. The summed E-state index contributed by atoms with van der Waals surface area (Å²) >= 11 is 0. The van der Waals surface area contributed by atoms with E-state index in [0.717, 1.165) is 22.1 Å². The van der Waals surface area contributed by atoms with Crippen molar-refractivity contribution in [2.24, 2.45) is 5.14 Å². The molecule has 0 saturated carbocycles.